The second-order valence-electron chi connectivity index (χ2n) is 5.11. The van der Waals surface area contributed by atoms with Crippen molar-refractivity contribution in [2.75, 3.05) is 18.0 Å². The Hall–Kier alpha value is -1.23. The minimum absolute atomic E-state index is 0.244. The molecule has 0 aromatic heterocycles. The summed E-state index contributed by atoms with van der Waals surface area (Å²) in [6, 6.07) is 4.66. The van der Waals surface area contributed by atoms with Crippen LogP contribution in [0.2, 0.25) is 0 Å². The van der Waals surface area contributed by atoms with E-state index in [1.54, 1.807) is 6.07 Å². The molecule has 1 fully saturated rings. The third-order valence-corrected chi connectivity index (χ3v) is 3.83. The largest absolute Gasteiger partial charge is 0.416 e. The molecule has 1 N–H and O–H groups in total. The summed E-state index contributed by atoms with van der Waals surface area (Å²) in [7, 11) is 0. The van der Waals surface area contributed by atoms with E-state index in [0.717, 1.165) is 30.8 Å². The molecule has 2 atom stereocenters. The van der Waals surface area contributed by atoms with Gasteiger partial charge in [-0.15, -0.1) is 0 Å². The predicted octanol–water partition coefficient (Wildman–Crippen LogP) is 2.43. The number of anilines is 1. The quantitative estimate of drug-likeness (QED) is 0.767. The van der Waals surface area contributed by atoms with Crippen LogP contribution in [0.5, 0.6) is 0 Å². The average molecular weight is 256 g/mol. The highest BCUT2D eigenvalue weighted by Crippen LogP contribution is 2.39. The summed E-state index contributed by atoms with van der Waals surface area (Å²) in [6.07, 6.45) is -3.42. The number of fused-ring (bicyclic) bond motifs is 3. The van der Waals surface area contributed by atoms with E-state index in [1.165, 1.54) is 12.1 Å². The van der Waals surface area contributed by atoms with Gasteiger partial charge in [0.1, 0.15) is 0 Å². The number of rotatable bonds is 0. The Bertz CT molecular complexity index is 470. The number of alkyl halides is 3. The fraction of sp³-hybridized carbons (Fsp3) is 0.538. The Labute approximate surface area is 104 Å². The van der Waals surface area contributed by atoms with Crippen LogP contribution in [-0.4, -0.2) is 25.2 Å². The topological polar surface area (TPSA) is 15.3 Å². The van der Waals surface area contributed by atoms with Gasteiger partial charge in [-0.3, -0.25) is 0 Å². The van der Waals surface area contributed by atoms with Crippen molar-refractivity contribution in [2.45, 2.75) is 31.6 Å². The maximum atomic E-state index is 12.7. The van der Waals surface area contributed by atoms with E-state index in [4.69, 9.17) is 0 Å². The lowest BCUT2D eigenvalue weighted by Crippen LogP contribution is -2.54. The van der Waals surface area contributed by atoms with Crippen LogP contribution in [-0.2, 0) is 12.6 Å². The van der Waals surface area contributed by atoms with Gasteiger partial charge in [0.25, 0.3) is 0 Å². The molecule has 0 saturated carbocycles. The molecule has 1 aromatic carbocycles. The highest BCUT2D eigenvalue weighted by atomic mass is 19.4. The van der Waals surface area contributed by atoms with Crippen LogP contribution in [0.25, 0.3) is 0 Å². The van der Waals surface area contributed by atoms with Gasteiger partial charge in [-0.1, -0.05) is 6.07 Å². The second kappa shape index (κ2) is 3.88. The smallest absolute Gasteiger partial charge is 0.363 e. The van der Waals surface area contributed by atoms with Gasteiger partial charge in [0.15, 0.2) is 0 Å². The zero-order valence-electron chi connectivity index (χ0n) is 10.1. The monoisotopic (exact) mass is 256 g/mol. The van der Waals surface area contributed by atoms with Gasteiger partial charge in [0.05, 0.1) is 5.56 Å². The van der Waals surface area contributed by atoms with Crippen LogP contribution < -0.4 is 10.2 Å². The summed E-state index contributed by atoms with van der Waals surface area (Å²) in [5.74, 6) is 0. The summed E-state index contributed by atoms with van der Waals surface area (Å²) >= 11 is 0. The van der Waals surface area contributed by atoms with Crippen LogP contribution >= 0.6 is 0 Å². The molecule has 5 heteroatoms. The molecule has 0 spiro atoms. The molecule has 18 heavy (non-hydrogen) atoms. The zero-order chi connectivity index (χ0) is 12.9. The molecule has 2 aliphatic heterocycles. The third-order valence-electron chi connectivity index (χ3n) is 3.83. The summed E-state index contributed by atoms with van der Waals surface area (Å²) in [5, 5.41) is 3.32. The highest BCUT2D eigenvalue weighted by molar-refractivity contribution is 5.62. The SMILES string of the molecule is C[C@@H]1CNC[C@H]2Cc3ccc(C(F)(F)F)cc3N21. The Morgan fingerprint density at radius 3 is 2.78 bits per heavy atom. The Kier molecular flexibility index (Phi) is 2.55. The maximum Gasteiger partial charge on any atom is 0.416 e. The fourth-order valence-corrected chi connectivity index (χ4v) is 3.03. The first kappa shape index (κ1) is 11.8. The molecule has 98 valence electrons. The normalized spacial score (nSPS) is 27.0. The summed E-state index contributed by atoms with van der Waals surface area (Å²) in [6.45, 7) is 3.72. The van der Waals surface area contributed by atoms with Crippen molar-refractivity contribution in [1.29, 1.82) is 0 Å². The first-order valence-corrected chi connectivity index (χ1v) is 6.16. The van der Waals surface area contributed by atoms with E-state index in [1.807, 2.05) is 0 Å². The highest BCUT2D eigenvalue weighted by Gasteiger charge is 2.38. The van der Waals surface area contributed by atoms with Gasteiger partial charge in [-0.2, -0.15) is 13.2 Å². The van der Waals surface area contributed by atoms with Crippen molar-refractivity contribution in [3.8, 4) is 0 Å². The van der Waals surface area contributed by atoms with Crippen molar-refractivity contribution >= 4 is 5.69 Å². The molecule has 2 aliphatic rings. The van der Waals surface area contributed by atoms with Crippen molar-refractivity contribution in [2.24, 2.45) is 0 Å². The number of nitrogens with zero attached hydrogens (tertiary/aromatic N) is 1. The number of benzene rings is 1. The van der Waals surface area contributed by atoms with E-state index in [2.05, 4.69) is 17.1 Å². The Morgan fingerprint density at radius 2 is 2.06 bits per heavy atom. The molecule has 1 saturated heterocycles. The van der Waals surface area contributed by atoms with Crippen LogP contribution in [0.1, 0.15) is 18.1 Å². The van der Waals surface area contributed by atoms with Crippen molar-refractivity contribution < 1.29 is 13.2 Å². The lowest BCUT2D eigenvalue weighted by Gasteiger charge is -2.38. The number of piperazine rings is 1. The summed E-state index contributed by atoms with van der Waals surface area (Å²) in [4.78, 5) is 2.14. The molecule has 2 heterocycles. The van der Waals surface area contributed by atoms with E-state index in [9.17, 15) is 13.2 Å². The molecule has 1 aromatic rings. The third kappa shape index (κ3) is 1.77. The molecular weight excluding hydrogens is 241 g/mol. The van der Waals surface area contributed by atoms with Gasteiger partial charge >= 0.3 is 6.18 Å². The van der Waals surface area contributed by atoms with Crippen LogP contribution in [0.15, 0.2) is 18.2 Å². The van der Waals surface area contributed by atoms with Gasteiger partial charge in [-0.05, 0) is 31.0 Å². The summed E-state index contributed by atoms with van der Waals surface area (Å²) in [5.41, 5.74) is 1.25. The average Bonchev–Trinajstić information content (AvgIpc) is 2.66. The van der Waals surface area contributed by atoms with Gasteiger partial charge < -0.3 is 10.2 Å². The Morgan fingerprint density at radius 1 is 1.28 bits per heavy atom. The standard InChI is InChI=1S/C13H15F3N2/c1-8-6-17-7-11-4-9-2-3-10(13(14,15)16)5-12(9)18(8)11/h2-3,5,8,11,17H,4,6-7H2,1H3/t8-,11-/m1/s1. The first-order valence-electron chi connectivity index (χ1n) is 6.16. The first-order chi connectivity index (χ1) is 8.47. The van der Waals surface area contributed by atoms with Gasteiger partial charge in [-0.25, -0.2) is 0 Å². The van der Waals surface area contributed by atoms with Crippen molar-refractivity contribution in [3.05, 3.63) is 29.3 Å². The Balaban J connectivity index is 2.02. The molecule has 3 rings (SSSR count). The minimum atomic E-state index is -4.26. The van der Waals surface area contributed by atoms with E-state index in [-0.39, 0.29) is 6.04 Å². The van der Waals surface area contributed by atoms with E-state index >= 15 is 0 Å². The molecule has 0 amide bonds. The number of halogens is 3. The van der Waals surface area contributed by atoms with Gasteiger partial charge in [0.2, 0.25) is 0 Å². The van der Waals surface area contributed by atoms with E-state index < -0.39 is 11.7 Å². The molecule has 0 aliphatic carbocycles. The fourth-order valence-electron chi connectivity index (χ4n) is 3.03. The van der Waals surface area contributed by atoms with Crippen LogP contribution in [0.4, 0.5) is 18.9 Å². The molecule has 0 radical (unpaired) electrons. The molecular formula is C13H15F3N2. The predicted molar refractivity (Wildman–Crippen MR) is 63.7 cm³/mol. The number of hydrogen-bond donors (Lipinski definition) is 1. The zero-order valence-corrected chi connectivity index (χ0v) is 10.1. The van der Waals surface area contributed by atoms with E-state index in [0.29, 0.717) is 6.04 Å². The molecule has 0 unspecified atom stereocenters. The van der Waals surface area contributed by atoms with Crippen molar-refractivity contribution in [1.82, 2.24) is 5.32 Å². The van der Waals surface area contributed by atoms with Crippen LogP contribution in [0.3, 0.4) is 0 Å². The second-order valence-corrected chi connectivity index (χ2v) is 5.11. The molecule has 2 nitrogen and oxygen atoms in total. The van der Waals surface area contributed by atoms with Gasteiger partial charge in [0, 0.05) is 30.9 Å². The number of nitrogens with one attached hydrogen (secondary N) is 1. The van der Waals surface area contributed by atoms with Crippen LogP contribution in [0, 0.1) is 0 Å². The molecule has 0 bridgehead atoms. The summed E-state index contributed by atoms with van der Waals surface area (Å²) < 4.78 is 38.2. The lowest BCUT2D eigenvalue weighted by molar-refractivity contribution is -0.137. The van der Waals surface area contributed by atoms with Crippen molar-refractivity contribution in [3.63, 3.8) is 0 Å². The minimum Gasteiger partial charge on any atom is -0.363 e. The number of hydrogen-bond acceptors (Lipinski definition) is 2. The lowest BCUT2D eigenvalue weighted by atomic mass is 10.1. The maximum absolute atomic E-state index is 12.7.